The number of hydrogen-bond donors (Lipinski definition) is 7. The van der Waals surface area contributed by atoms with Crippen LogP contribution in [-0.2, 0) is 35.2 Å². The second-order valence-electron chi connectivity index (χ2n) is 7.06. The lowest BCUT2D eigenvalue weighted by molar-refractivity contribution is -0.142. The first-order chi connectivity index (χ1) is 15.5. The molecular formula is C20H26N4O9. The average Bonchev–Trinajstić information content (AvgIpc) is 2.74. The van der Waals surface area contributed by atoms with Crippen molar-refractivity contribution in [3.05, 3.63) is 35.9 Å². The fourth-order valence-corrected chi connectivity index (χ4v) is 2.69. The molecule has 0 saturated heterocycles. The highest BCUT2D eigenvalue weighted by atomic mass is 16.4. The third-order valence-corrected chi connectivity index (χ3v) is 4.35. The van der Waals surface area contributed by atoms with Crippen LogP contribution in [-0.4, -0.2) is 75.6 Å². The molecule has 0 heterocycles. The van der Waals surface area contributed by atoms with E-state index in [0.717, 1.165) is 0 Å². The zero-order valence-corrected chi connectivity index (χ0v) is 17.5. The van der Waals surface area contributed by atoms with Crippen LogP contribution in [0.2, 0.25) is 0 Å². The van der Waals surface area contributed by atoms with Crippen LogP contribution in [0.1, 0.15) is 24.8 Å². The SMILES string of the molecule is NC(CCC(=O)O)C(=O)NC(Cc1ccccc1)C(=O)NC(CC(=O)O)C(=O)NCC(=O)O. The van der Waals surface area contributed by atoms with Crippen molar-refractivity contribution in [2.45, 2.75) is 43.8 Å². The molecule has 13 nitrogen and oxygen atoms in total. The predicted octanol–water partition coefficient (Wildman–Crippen LogP) is -1.93. The topological polar surface area (TPSA) is 225 Å². The van der Waals surface area contributed by atoms with Crippen LogP contribution in [0, 0.1) is 0 Å². The van der Waals surface area contributed by atoms with Gasteiger partial charge in [-0.25, -0.2) is 0 Å². The van der Waals surface area contributed by atoms with E-state index in [0.29, 0.717) is 5.56 Å². The van der Waals surface area contributed by atoms with E-state index in [-0.39, 0.29) is 19.3 Å². The molecule has 0 aromatic heterocycles. The minimum Gasteiger partial charge on any atom is -0.481 e. The number of rotatable bonds is 14. The fourth-order valence-electron chi connectivity index (χ4n) is 2.69. The van der Waals surface area contributed by atoms with Gasteiger partial charge in [0.25, 0.3) is 0 Å². The van der Waals surface area contributed by atoms with Gasteiger partial charge in [-0.2, -0.15) is 0 Å². The molecule has 0 radical (unpaired) electrons. The molecule has 0 bridgehead atoms. The Morgan fingerprint density at radius 2 is 1.39 bits per heavy atom. The number of nitrogens with two attached hydrogens (primary N) is 1. The van der Waals surface area contributed by atoms with E-state index in [2.05, 4.69) is 10.6 Å². The first kappa shape index (κ1) is 27.0. The van der Waals surface area contributed by atoms with Crippen molar-refractivity contribution in [3.8, 4) is 0 Å². The summed E-state index contributed by atoms with van der Waals surface area (Å²) in [5.41, 5.74) is 6.31. The lowest BCUT2D eigenvalue weighted by atomic mass is 10.0. The largest absolute Gasteiger partial charge is 0.481 e. The Bertz CT molecular complexity index is 876. The van der Waals surface area contributed by atoms with Crippen LogP contribution in [0.15, 0.2) is 30.3 Å². The first-order valence-electron chi connectivity index (χ1n) is 9.83. The minimum absolute atomic E-state index is 0.0411. The predicted molar refractivity (Wildman–Crippen MR) is 112 cm³/mol. The Morgan fingerprint density at radius 1 is 0.788 bits per heavy atom. The zero-order chi connectivity index (χ0) is 25.0. The number of carboxylic acid groups (broad SMARTS) is 3. The molecule has 0 aliphatic rings. The lowest BCUT2D eigenvalue weighted by Crippen LogP contribution is -2.57. The minimum atomic E-state index is -1.61. The molecular weight excluding hydrogens is 440 g/mol. The molecule has 0 spiro atoms. The molecule has 1 aromatic carbocycles. The number of carboxylic acids is 3. The normalized spacial score (nSPS) is 13.1. The van der Waals surface area contributed by atoms with Crippen LogP contribution in [0.4, 0.5) is 0 Å². The second-order valence-corrected chi connectivity index (χ2v) is 7.06. The van der Waals surface area contributed by atoms with Crippen LogP contribution in [0.25, 0.3) is 0 Å². The number of carbonyl (C=O) groups excluding carboxylic acids is 3. The average molecular weight is 466 g/mol. The third-order valence-electron chi connectivity index (χ3n) is 4.35. The molecule has 3 unspecified atom stereocenters. The number of carbonyl (C=O) groups is 6. The van der Waals surface area contributed by atoms with Crippen LogP contribution < -0.4 is 21.7 Å². The van der Waals surface area contributed by atoms with Gasteiger partial charge in [0.15, 0.2) is 0 Å². The van der Waals surface area contributed by atoms with E-state index in [4.69, 9.17) is 21.1 Å². The van der Waals surface area contributed by atoms with Gasteiger partial charge >= 0.3 is 17.9 Å². The summed E-state index contributed by atoms with van der Waals surface area (Å²) in [5.74, 6) is -6.69. The van der Waals surface area contributed by atoms with Crippen molar-refractivity contribution >= 4 is 35.6 Å². The lowest BCUT2D eigenvalue weighted by Gasteiger charge is -2.23. The molecule has 0 aliphatic heterocycles. The number of hydrogen-bond acceptors (Lipinski definition) is 7. The molecule has 0 aliphatic carbocycles. The van der Waals surface area contributed by atoms with Gasteiger partial charge in [-0.3, -0.25) is 28.8 Å². The Kier molecular flexibility index (Phi) is 11.0. The summed E-state index contributed by atoms with van der Waals surface area (Å²) in [6, 6.07) is 4.35. The van der Waals surface area contributed by atoms with Crippen molar-refractivity contribution in [1.82, 2.24) is 16.0 Å². The molecule has 3 amide bonds. The summed E-state index contributed by atoms with van der Waals surface area (Å²) in [6.45, 7) is -0.784. The van der Waals surface area contributed by atoms with E-state index in [1.165, 1.54) is 0 Å². The summed E-state index contributed by atoms with van der Waals surface area (Å²) >= 11 is 0. The molecule has 180 valence electrons. The second kappa shape index (κ2) is 13.4. The molecule has 0 saturated carbocycles. The maximum Gasteiger partial charge on any atom is 0.322 e. The smallest absolute Gasteiger partial charge is 0.322 e. The summed E-state index contributed by atoms with van der Waals surface area (Å²) in [4.78, 5) is 69.9. The highest BCUT2D eigenvalue weighted by molar-refractivity contribution is 5.95. The number of benzene rings is 1. The van der Waals surface area contributed by atoms with Gasteiger partial charge in [-0.1, -0.05) is 30.3 Å². The van der Waals surface area contributed by atoms with Crippen molar-refractivity contribution in [2.24, 2.45) is 5.73 Å². The number of nitrogens with one attached hydrogen (secondary N) is 3. The maximum absolute atomic E-state index is 12.9. The monoisotopic (exact) mass is 466 g/mol. The van der Waals surface area contributed by atoms with Crippen molar-refractivity contribution in [1.29, 1.82) is 0 Å². The third kappa shape index (κ3) is 10.7. The molecule has 0 fully saturated rings. The maximum atomic E-state index is 12.9. The van der Waals surface area contributed by atoms with Crippen LogP contribution >= 0.6 is 0 Å². The zero-order valence-electron chi connectivity index (χ0n) is 17.5. The van der Waals surface area contributed by atoms with E-state index in [1.54, 1.807) is 30.3 Å². The van der Waals surface area contributed by atoms with E-state index in [1.807, 2.05) is 5.32 Å². The van der Waals surface area contributed by atoms with Gasteiger partial charge in [-0.15, -0.1) is 0 Å². The molecule has 8 N–H and O–H groups in total. The van der Waals surface area contributed by atoms with Gasteiger partial charge < -0.3 is 37.0 Å². The highest BCUT2D eigenvalue weighted by Gasteiger charge is 2.30. The summed E-state index contributed by atoms with van der Waals surface area (Å²) in [5, 5.41) is 33.0. The Morgan fingerprint density at radius 3 is 1.94 bits per heavy atom. The molecule has 1 rings (SSSR count). The highest BCUT2D eigenvalue weighted by Crippen LogP contribution is 2.06. The number of amides is 3. The Balaban J connectivity index is 3.00. The van der Waals surface area contributed by atoms with Crippen molar-refractivity contribution < 1.29 is 44.1 Å². The molecule has 33 heavy (non-hydrogen) atoms. The van der Waals surface area contributed by atoms with Gasteiger partial charge in [0, 0.05) is 12.8 Å². The first-order valence-corrected chi connectivity index (χ1v) is 9.83. The van der Waals surface area contributed by atoms with Crippen molar-refractivity contribution in [3.63, 3.8) is 0 Å². The summed E-state index contributed by atoms with van der Waals surface area (Å²) in [7, 11) is 0. The van der Waals surface area contributed by atoms with E-state index < -0.39 is 66.7 Å². The molecule has 3 atom stereocenters. The van der Waals surface area contributed by atoms with Crippen LogP contribution in [0.5, 0.6) is 0 Å². The Labute approximate surface area is 188 Å². The quantitative estimate of drug-likeness (QED) is 0.161. The Hall–Kier alpha value is -4.00. The molecule has 13 heteroatoms. The van der Waals surface area contributed by atoms with Gasteiger partial charge in [0.2, 0.25) is 17.7 Å². The fraction of sp³-hybridized carbons (Fsp3) is 0.400. The van der Waals surface area contributed by atoms with Gasteiger partial charge in [0.05, 0.1) is 12.5 Å². The van der Waals surface area contributed by atoms with E-state index >= 15 is 0 Å². The van der Waals surface area contributed by atoms with Gasteiger partial charge in [-0.05, 0) is 12.0 Å². The summed E-state index contributed by atoms with van der Waals surface area (Å²) in [6.07, 6.45) is -1.42. The van der Waals surface area contributed by atoms with E-state index in [9.17, 15) is 28.8 Å². The molecule has 1 aromatic rings. The standard InChI is InChI=1S/C20H26N4O9/c21-12(6-7-15(25)26)18(31)23-13(8-11-4-2-1-3-5-11)20(33)24-14(9-16(27)28)19(32)22-10-17(29)30/h1-5,12-14H,6-10,21H2,(H,22,32)(H,23,31)(H,24,33)(H,25,26)(H,27,28)(H,29,30). The van der Waals surface area contributed by atoms with Crippen LogP contribution in [0.3, 0.4) is 0 Å². The number of aliphatic carboxylic acids is 3. The van der Waals surface area contributed by atoms with Gasteiger partial charge in [0.1, 0.15) is 18.6 Å². The summed E-state index contributed by atoms with van der Waals surface area (Å²) < 4.78 is 0. The van der Waals surface area contributed by atoms with Crippen molar-refractivity contribution in [2.75, 3.05) is 6.54 Å².